The summed E-state index contributed by atoms with van der Waals surface area (Å²) in [5.41, 5.74) is 8.65. The number of nitrogens with zero attached hydrogens (tertiary/aromatic N) is 5. The molecule has 0 atom stereocenters. The van der Waals surface area contributed by atoms with Gasteiger partial charge in [-0.05, 0) is 73.9 Å². The molecule has 5 aromatic heterocycles. The van der Waals surface area contributed by atoms with Gasteiger partial charge in [0, 0.05) is 50.0 Å². The number of hydrogen-bond donors (Lipinski definition) is 2. The van der Waals surface area contributed by atoms with Gasteiger partial charge >= 0.3 is 0 Å². The van der Waals surface area contributed by atoms with E-state index < -0.39 is 5.95 Å². The number of hydrogen-bond acceptors (Lipinski definition) is 9. The summed E-state index contributed by atoms with van der Waals surface area (Å²) >= 11 is 6.54. The maximum absolute atomic E-state index is 13.5. The van der Waals surface area contributed by atoms with Crippen molar-refractivity contribution in [2.24, 2.45) is 0 Å². The molecule has 0 aliphatic rings. The molecule has 5 heterocycles. The minimum atomic E-state index is -0.473. The van der Waals surface area contributed by atoms with E-state index >= 15 is 0 Å². The molecule has 0 saturated heterocycles. The van der Waals surface area contributed by atoms with Crippen LogP contribution in [0.4, 0.5) is 26.3 Å². The van der Waals surface area contributed by atoms with Gasteiger partial charge in [0.05, 0.1) is 11.4 Å². The molecule has 0 spiro atoms. The van der Waals surface area contributed by atoms with Gasteiger partial charge in [-0.3, -0.25) is 0 Å². The number of benzene rings is 2. The van der Waals surface area contributed by atoms with Gasteiger partial charge in [-0.25, -0.2) is 24.9 Å². The zero-order chi connectivity index (χ0) is 32.8. The Morgan fingerprint density at radius 3 is 1.62 bits per heavy atom. The van der Waals surface area contributed by atoms with E-state index in [1.807, 2.05) is 116 Å². The van der Waals surface area contributed by atoms with Crippen molar-refractivity contribution >= 4 is 60.5 Å². The molecule has 0 unspecified atom stereocenters. The first-order chi connectivity index (χ1) is 22.8. The molecular formula is C36H29BrFN7S2. The van der Waals surface area contributed by atoms with E-state index in [1.165, 1.54) is 17.4 Å². The first kappa shape index (κ1) is 32.1. The van der Waals surface area contributed by atoms with Crippen molar-refractivity contribution in [2.75, 3.05) is 10.6 Å². The van der Waals surface area contributed by atoms with Gasteiger partial charge in [-0.15, -0.1) is 22.7 Å². The van der Waals surface area contributed by atoms with E-state index in [4.69, 9.17) is 0 Å². The molecule has 7 aromatic rings. The maximum Gasteiger partial charge on any atom is 0.213 e. The van der Waals surface area contributed by atoms with Crippen molar-refractivity contribution in [1.29, 1.82) is 0 Å². The predicted octanol–water partition coefficient (Wildman–Crippen LogP) is 10.8. The van der Waals surface area contributed by atoms with Crippen LogP contribution in [-0.4, -0.2) is 24.9 Å². The topological polar surface area (TPSA) is 88.5 Å². The van der Waals surface area contributed by atoms with E-state index in [1.54, 1.807) is 17.5 Å². The number of anilines is 4. The van der Waals surface area contributed by atoms with Crippen molar-refractivity contribution in [3.8, 4) is 33.6 Å². The highest BCUT2D eigenvalue weighted by Crippen LogP contribution is 2.30. The molecule has 0 bridgehead atoms. The van der Waals surface area contributed by atoms with Crippen LogP contribution in [0.25, 0.3) is 33.6 Å². The van der Waals surface area contributed by atoms with Crippen molar-refractivity contribution < 1.29 is 4.39 Å². The largest absolute Gasteiger partial charge is 0.316 e. The van der Waals surface area contributed by atoms with E-state index in [9.17, 15) is 4.39 Å². The summed E-state index contributed by atoms with van der Waals surface area (Å²) in [6.45, 7) is 5.85. The SMILES string of the molecule is Cc1cccc(Nc2nc(-c3ccc(-c4cc(F)ncc4C)cc3)cs2)n1.Cc1cccc(Nc2nc(-c3ccc(Br)cc3)cs2)n1. The van der Waals surface area contributed by atoms with E-state index in [2.05, 4.69) is 51.5 Å². The standard InChI is InChI=1S/C21H17FN4S.C15H12BrN3S/c1-13-11-23-19(22)10-17(13)15-6-8-16(9-7-15)18-12-27-21(25-18)26-20-5-3-4-14(2)24-20;1-10-3-2-4-14(17-10)19-15-18-13(9-20-15)11-5-7-12(16)8-6-11/h3-12H,1-2H3,(H,24,25,26);2-9H,1H3,(H,17,18,19). The van der Waals surface area contributed by atoms with E-state index in [0.29, 0.717) is 0 Å². The number of aryl methyl sites for hydroxylation is 3. The Hall–Kier alpha value is -4.84. The lowest BCUT2D eigenvalue weighted by Gasteiger charge is -2.06. The van der Waals surface area contributed by atoms with Crippen LogP contribution < -0.4 is 10.6 Å². The van der Waals surface area contributed by atoms with Gasteiger partial charge in [0.25, 0.3) is 0 Å². The zero-order valence-electron chi connectivity index (χ0n) is 25.7. The molecule has 2 aromatic carbocycles. The summed E-state index contributed by atoms with van der Waals surface area (Å²) in [5, 5.41) is 12.2. The lowest BCUT2D eigenvalue weighted by molar-refractivity contribution is 0.583. The Morgan fingerprint density at radius 1 is 0.617 bits per heavy atom. The highest BCUT2D eigenvalue weighted by Gasteiger charge is 2.09. The second-order valence-corrected chi connectivity index (χ2v) is 13.2. The first-order valence-corrected chi connectivity index (χ1v) is 17.2. The summed E-state index contributed by atoms with van der Waals surface area (Å²) in [4.78, 5) is 21.8. The Labute approximate surface area is 288 Å². The van der Waals surface area contributed by atoms with Crippen molar-refractivity contribution in [2.45, 2.75) is 20.8 Å². The fourth-order valence-electron chi connectivity index (χ4n) is 4.62. The number of pyridine rings is 3. The summed E-state index contributed by atoms with van der Waals surface area (Å²) in [7, 11) is 0. The Balaban J connectivity index is 0.000000172. The number of thiazole rings is 2. The van der Waals surface area contributed by atoms with E-state index in [-0.39, 0.29) is 0 Å². The van der Waals surface area contributed by atoms with Crippen molar-refractivity contribution in [3.63, 3.8) is 0 Å². The zero-order valence-corrected chi connectivity index (χ0v) is 28.9. The molecule has 0 aliphatic carbocycles. The number of aromatic nitrogens is 5. The van der Waals surface area contributed by atoms with E-state index in [0.717, 1.165) is 77.0 Å². The summed E-state index contributed by atoms with van der Waals surface area (Å²) in [6.07, 6.45) is 1.55. The molecule has 0 aliphatic heterocycles. The average Bonchev–Trinajstić information content (AvgIpc) is 3.73. The number of halogens is 2. The number of nitrogens with one attached hydrogen (secondary N) is 2. The monoisotopic (exact) mass is 721 g/mol. The van der Waals surface area contributed by atoms with Crippen LogP contribution in [0.3, 0.4) is 0 Å². The fourth-order valence-corrected chi connectivity index (χ4v) is 6.34. The fraction of sp³-hybridized carbons (Fsp3) is 0.0833. The van der Waals surface area contributed by atoms with Gasteiger partial charge in [0.2, 0.25) is 5.95 Å². The third-order valence-corrected chi connectivity index (χ3v) is 9.00. The summed E-state index contributed by atoms with van der Waals surface area (Å²) in [5.74, 6) is 1.13. The quantitative estimate of drug-likeness (QED) is 0.158. The second kappa shape index (κ2) is 14.7. The summed E-state index contributed by atoms with van der Waals surface area (Å²) < 4.78 is 14.5. The van der Waals surface area contributed by atoms with Crippen LogP contribution in [0.15, 0.2) is 112 Å². The lowest BCUT2D eigenvalue weighted by atomic mass is 10.0. The average molecular weight is 723 g/mol. The van der Waals surface area contributed by atoms with Gasteiger partial charge in [-0.1, -0.05) is 64.5 Å². The van der Waals surface area contributed by atoms with Gasteiger partial charge in [0.1, 0.15) is 11.6 Å². The maximum atomic E-state index is 13.5. The highest BCUT2D eigenvalue weighted by molar-refractivity contribution is 9.10. The molecule has 11 heteroatoms. The number of rotatable bonds is 7. The second-order valence-electron chi connectivity index (χ2n) is 10.6. The van der Waals surface area contributed by atoms with Crippen molar-refractivity contribution in [1.82, 2.24) is 24.9 Å². The Morgan fingerprint density at radius 2 is 1.11 bits per heavy atom. The normalized spacial score (nSPS) is 10.7. The lowest BCUT2D eigenvalue weighted by Crippen LogP contribution is -1.93. The predicted molar refractivity (Wildman–Crippen MR) is 195 cm³/mol. The third kappa shape index (κ3) is 8.50. The third-order valence-electron chi connectivity index (χ3n) is 6.96. The van der Waals surface area contributed by atoms with Crippen LogP contribution in [0.5, 0.6) is 0 Å². The molecule has 0 radical (unpaired) electrons. The highest BCUT2D eigenvalue weighted by atomic mass is 79.9. The molecule has 234 valence electrons. The molecule has 2 N–H and O–H groups in total. The Kier molecular flexibility index (Phi) is 10.1. The van der Waals surface area contributed by atoms with Crippen LogP contribution in [0.2, 0.25) is 0 Å². The first-order valence-electron chi connectivity index (χ1n) is 14.6. The van der Waals surface area contributed by atoms with Crippen LogP contribution in [0, 0.1) is 26.7 Å². The molecule has 0 saturated carbocycles. The minimum absolute atomic E-state index is 0.473. The van der Waals surface area contributed by atoms with Gasteiger partial charge in [-0.2, -0.15) is 4.39 Å². The van der Waals surface area contributed by atoms with Crippen LogP contribution >= 0.6 is 38.6 Å². The summed E-state index contributed by atoms with van der Waals surface area (Å²) in [6, 6.07) is 29.3. The Bertz CT molecular complexity index is 2110. The van der Waals surface area contributed by atoms with Crippen molar-refractivity contribution in [3.05, 3.63) is 135 Å². The van der Waals surface area contributed by atoms with Crippen LogP contribution in [-0.2, 0) is 0 Å². The molecule has 0 amide bonds. The minimum Gasteiger partial charge on any atom is -0.316 e. The smallest absolute Gasteiger partial charge is 0.213 e. The van der Waals surface area contributed by atoms with Gasteiger partial charge < -0.3 is 10.6 Å². The molecular weight excluding hydrogens is 693 g/mol. The molecule has 7 rings (SSSR count). The van der Waals surface area contributed by atoms with Crippen LogP contribution in [0.1, 0.15) is 17.0 Å². The van der Waals surface area contributed by atoms with Gasteiger partial charge in [0.15, 0.2) is 10.3 Å². The molecule has 7 nitrogen and oxygen atoms in total. The molecule has 47 heavy (non-hydrogen) atoms. The molecule has 0 fully saturated rings.